The van der Waals surface area contributed by atoms with Crippen LogP contribution in [0.25, 0.3) is 0 Å². The fourth-order valence-corrected chi connectivity index (χ4v) is 1.14. The molecular weight excluding hydrogens is 209 g/mol. The van der Waals surface area contributed by atoms with Crippen molar-refractivity contribution in [3.05, 3.63) is 27.7 Å². The van der Waals surface area contributed by atoms with Crippen LogP contribution >= 0.6 is 23.2 Å². The predicted octanol–water partition coefficient (Wildman–Crippen LogP) is 3.09. The van der Waals surface area contributed by atoms with Crippen LogP contribution in [0.2, 0.25) is 10.0 Å². The van der Waals surface area contributed by atoms with Crippen LogP contribution in [0.5, 0.6) is 0 Å². The van der Waals surface area contributed by atoms with Gasteiger partial charge in [0.05, 0.1) is 22.3 Å². The molecule has 0 unspecified atom stereocenters. The summed E-state index contributed by atoms with van der Waals surface area (Å²) in [6.45, 7) is 3.87. The Morgan fingerprint density at radius 2 is 1.77 bits per heavy atom. The van der Waals surface area contributed by atoms with E-state index in [4.69, 9.17) is 34.0 Å². The summed E-state index contributed by atoms with van der Waals surface area (Å²) in [6.07, 6.45) is 0. The SMILES string of the molecule is CC.Nc1ccc(CO)c(Cl)c1Cl. The molecule has 0 atom stereocenters. The zero-order valence-corrected chi connectivity index (χ0v) is 9.15. The second kappa shape index (κ2) is 6.08. The minimum absolute atomic E-state index is 0.126. The fraction of sp³-hybridized carbons (Fsp3) is 0.333. The normalized spacial score (nSPS) is 9.00. The molecule has 0 saturated carbocycles. The lowest BCUT2D eigenvalue weighted by Crippen LogP contribution is -1.91. The van der Waals surface area contributed by atoms with E-state index >= 15 is 0 Å². The van der Waals surface area contributed by atoms with E-state index in [1.165, 1.54) is 0 Å². The van der Waals surface area contributed by atoms with E-state index in [-0.39, 0.29) is 6.61 Å². The van der Waals surface area contributed by atoms with Gasteiger partial charge in [0.1, 0.15) is 0 Å². The maximum Gasteiger partial charge on any atom is 0.0825 e. The van der Waals surface area contributed by atoms with Gasteiger partial charge >= 0.3 is 0 Å². The van der Waals surface area contributed by atoms with Gasteiger partial charge in [0.15, 0.2) is 0 Å². The van der Waals surface area contributed by atoms with Crippen molar-refractivity contribution in [2.24, 2.45) is 0 Å². The Labute approximate surface area is 88.3 Å². The highest BCUT2D eigenvalue weighted by atomic mass is 35.5. The summed E-state index contributed by atoms with van der Waals surface area (Å²) in [5.41, 5.74) is 6.46. The van der Waals surface area contributed by atoms with Crippen LogP contribution in [0.3, 0.4) is 0 Å². The maximum atomic E-state index is 8.75. The van der Waals surface area contributed by atoms with Crippen molar-refractivity contribution in [2.75, 3.05) is 5.73 Å². The molecule has 0 bridgehead atoms. The molecule has 4 heteroatoms. The van der Waals surface area contributed by atoms with E-state index in [2.05, 4.69) is 0 Å². The zero-order chi connectivity index (χ0) is 10.4. The Hall–Kier alpha value is -0.440. The lowest BCUT2D eigenvalue weighted by molar-refractivity contribution is 0.282. The number of hydrogen-bond acceptors (Lipinski definition) is 2. The molecule has 0 radical (unpaired) electrons. The summed E-state index contributed by atoms with van der Waals surface area (Å²) < 4.78 is 0. The third-order valence-electron chi connectivity index (χ3n) is 1.36. The van der Waals surface area contributed by atoms with Gasteiger partial charge in [-0.15, -0.1) is 0 Å². The minimum atomic E-state index is -0.126. The maximum absolute atomic E-state index is 8.75. The summed E-state index contributed by atoms with van der Waals surface area (Å²) in [5.74, 6) is 0. The molecule has 1 aromatic rings. The Kier molecular flexibility index (Phi) is 5.88. The predicted molar refractivity (Wildman–Crippen MR) is 58.1 cm³/mol. The molecular formula is C9H13Cl2NO. The van der Waals surface area contributed by atoms with Crippen molar-refractivity contribution >= 4 is 28.9 Å². The third kappa shape index (κ3) is 3.07. The third-order valence-corrected chi connectivity index (χ3v) is 2.30. The molecule has 0 amide bonds. The minimum Gasteiger partial charge on any atom is -0.397 e. The van der Waals surface area contributed by atoms with Gasteiger partial charge in [0.2, 0.25) is 0 Å². The number of aliphatic hydroxyl groups is 1. The summed E-state index contributed by atoms with van der Waals surface area (Å²) in [4.78, 5) is 0. The Bertz CT molecular complexity index is 277. The molecule has 0 aromatic heterocycles. The molecule has 0 heterocycles. The lowest BCUT2D eigenvalue weighted by atomic mass is 10.2. The number of aliphatic hydroxyl groups excluding tert-OH is 1. The molecule has 13 heavy (non-hydrogen) atoms. The van der Waals surface area contributed by atoms with Gasteiger partial charge in [-0.1, -0.05) is 43.1 Å². The van der Waals surface area contributed by atoms with Crippen molar-refractivity contribution in [1.29, 1.82) is 0 Å². The second-order valence-corrected chi connectivity index (χ2v) is 2.86. The van der Waals surface area contributed by atoms with E-state index in [0.717, 1.165) is 0 Å². The molecule has 0 aliphatic heterocycles. The smallest absolute Gasteiger partial charge is 0.0825 e. The standard InChI is InChI=1S/C7H7Cl2NO.C2H6/c8-6-4(3-11)1-2-5(10)7(6)9;1-2/h1-2,11H,3,10H2;1-2H3. The van der Waals surface area contributed by atoms with Gasteiger partial charge in [-0.3, -0.25) is 0 Å². The van der Waals surface area contributed by atoms with Crippen molar-refractivity contribution in [3.63, 3.8) is 0 Å². The molecule has 0 fully saturated rings. The molecule has 74 valence electrons. The monoisotopic (exact) mass is 221 g/mol. The number of nitrogens with two attached hydrogens (primary N) is 1. The number of rotatable bonds is 1. The zero-order valence-electron chi connectivity index (χ0n) is 7.64. The Balaban J connectivity index is 0.000000671. The molecule has 0 spiro atoms. The Morgan fingerprint density at radius 3 is 2.23 bits per heavy atom. The van der Waals surface area contributed by atoms with Gasteiger partial charge < -0.3 is 10.8 Å². The summed E-state index contributed by atoms with van der Waals surface area (Å²) in [5, 5.41) is 9.38. The van der Waals surface area contributed by atoms with Crippen molar-refractivity contribution in [2.45, 2.75) is 20.5 Å². The van der Waals surface area contributed by atoms with E-state index in [1.807, 2.05) is 13.8 Å². The molecule has 1 aromatic carbocycles. The Morgan fingerprint density at radius 1 is 1.23 bits per heavy atom. The fourth-order valence-electron chi connectivity index (χ4n) is 0.726. The van der Waals surface area contributed by atoms with Crippen LogP contribution in [0.1, 0.15) is 19.4 Å². The van der Waals surface area contributed by atoms with Crippen LogP contribution < -0.4 is 5.73 Å². The first kappa shape index (κ1) is 12.6. The van der Waals surface area contributed by atoms with Crippen LogP contribution in [0, 0.1) is 0 Å². The lowest BCUT2D eigenvalue weighted by Gasteiger charge is -2.04. The molecule has 0 aliphatic rings. The van der Waals surface area contributed by atoms with E-state index in [0.29, 0.717) is 21.3 Å². The van der Waals surface area contributed by atoms with Crippen LogP contribution in [-0.2, 0) is 6.61 Å². The van der Waals surface area contributed by atoms with E-state index < -0.39 is 0 Å². The van der Waals surface area contributed by atoms with Crippen molar-refractivity contribution in [3.8, 4) is 0 Å². The first-order valence-corrected chi connectivity index (χ1v) is 4.75. The molecule has 0 aliphatic carbocycles. The van der Waals surface area contributed by atoms with Crippen LogP contribution in [0.15, 0.2) is 12.1 Å². The van der Waals surface area contributed by atoms with Gasteiger partial charge in [-0.05, 0) is 11.6 Å². The highest BCUT2D eigenvalue weighted by molar-refractivity contribution is 6.44. The number of anilines is 1. The van der Waals surface area contributed by atoms with E-state index in [9.17, 15) is 0 Å². The van der Waals surface area contributed by atoms with Gasteiger partial charge in [0, 0.05) is 0 Å². The van der Waals surface area contributed by atoms with Crippen LogP contribution in [0.4, 0.5) is 5.69 Å². The number of nitrogen functional groups attached to an aromatic ring is 1. The number of benzene rings is 1. The average molecular weight is 222 g/mol. The van der Waals surface area contributed by atoms with Gasteiger partial charge in [-0.25, -0.2) is 0 Å². The van der Waals surface area contributed by atoms with E-state index in [1.54, 1.807) is 12.1 Å². The van der Waals surface area contributed by atoms with Gasteiger partial charge in [0.25, 0.3) is 0 Å². The highest BCUT2D eigenvalue weighted by Gasteiger charge is 2.05. The van der Waals surface area contributed by atoms with Crippen molar-refractivity contribution < 1.29 is 5.11 Å². The quantitative estimate of drug-likeness (QED) is 0.717. The molecule has 2 nitrogen and oxygen atoms in total. The number of hydrogen-bond donors (Lipinski definition) is 2. The van der Waals surface area contributed by atoms with Crippen molar-refractivity contribution in [1.82, 2.24) is 0 Å². The highest BCUT2D eigenvalue weighted by Crippen LogP contribution is 2.30. The average Bonchev–Trinajstić information content (AvgIpc) is 2.18. The largest absolute Gasteiger partial charge is 0.397 e. The molecule has 0 saturated heterocycles. The number of halogens is 2. The summed E-state index contributed by atoms with van der Waals surface area (Å²) in [7, 11) is 0. The second-order valence-electron chi connectivity index (χ2n) is 2.10. The topological polar surface area (TPSA) is 46.2 Å². The van der Waals surface area contributed by atoms with Crippen LogP contribution in [-0.4, -0.2) is 5.11 Å². The summed E-state index contributed by atoms with van der Waals surface area (Å²) >= 11 is 11.4. The first-order valence-electron chi connectivity index (χ1n) is 4.00. The molecule has 1 rings (SSSR count). The molecule has 3 N–H and O–H groups in total. The van der Waals surface area contributed by atoms with Gasteiger partial charge in [-0.2, -0.15) is 0 Å². The first-order chi connectivity index (χ1) is 6.16. The summed E-state index contributed by atoms with van der Waals surface area (Å²) in [6, 6.07) is 3.25.